The van der Waals surface area contributed by atoms with Gasteiger partial charge in [0.1, 0.15) is 0 Å². The minimum absolute atomic E-state index is 0.164. The van der Waals surface area contributed by atoms with Gasteiger partial charge in [0.05, 0.1) is 21.5 Å². The van der Waals surface area contributed by atoms with Crippen LogP contribution in [-0.2, 0) is 23.0 Å². The zero-order valence-electron chi connectivity index (χ0n) is 14.4. The van der Waals surface area contributed by atoms with Gasteiger partial charge in [0.2, 0.25) is 0 Å². The van der Waals surface area contributed by atoms with E-state index in [2.05, 4.69) is 9.72 Å². The van der Waals surface area contributed by atoms with Gasteiger partial charge in [-0.15, -0.1) is 0 Å². The molecule has 0 N–H and O–H groups in total. The summed E-state index contributed by atoms with van der Waals surface area (Å²) < 4.78 is 52.1. The first kappa shape index (κ1) is 5.14. The highest BCUT2D eigenvalue weighted by Crippen LogP contribution is 2.27. The molecule has 0 saturated carbocycles. The SMILES string of the molecule is [2H]C([2H])([2H])C[C@@H]1C(=O)OC([2H])([2H])[C@]1([2H])Cc1cncn1C. The van der Waals surface area contributed by atoms with E-state index in [-0.39, 0.29) is 6.42 Å². The normalized spacial score (nSPS) is 40.6. The van der Waals surface area contributed by atoms with Crippen molar-refractivity contribution in [1.82, 2.24) is 9.55 Å². The van der Waals surface area contributed by atoms with E-state index >= 15 is 0 Å². The zero-order chi connectivity index (χ0) is 16.1. The Bertz CT molecular complexity index is 555. The van der Waals surface area contributed by atoms with Crippen molar-refractivity contribution in [3.8, 4) is 0 Å². The van der Waals surface area contributed by atoms with Crippen LogP contribution in [0.4, 0.5) is 0 Å². The van der Waals surface area contributed by atoms with E-state index in [9.17, 15) is 4.79 Å². The first-order chi connectivity index (χ1) is 9.46. The van der Waals surface area contributed by atoms with Crippen molar-refractivity contribution >= 4 is 5.97 Å². The van der Waals surface area contributed by atoms with E-state index in [4.69, 9.17) is 8.22 Å². The van der Waals surface area contributed by atoms with Crippen LogP contribution in [0.1, 0.15) is 27.2 Å². The molecule has 0 radical (unpaired) electrons. The fourth-order valence-electron chi connectivity index (χ4n) is 1.52. The van der Waals surface area contributed by atoms with Gasteiger partial charge in [-0.1, -0.05) is 6.85 Å². The maximum atomic E-state index is 11.8. The number of hydrogen-bond donors (Lipinski definition) is 0. The second-order valence-electron chi connectivity index (χ2n) is 3.48. The molecule has 0 unspecified atom stereocenters. The van der Waals surface area contributed by atoms with E-state index < -0.39 is 37.6 Å². The summed E-state index contributed by atoms with van der Waals surface area (Å²) in [7, 11) is 1.68. The van der Waals surface area contributed by atoms with E-state index in [0.29, 0.717) is 5.69 Å². The highest BCUT2D eigenvalue weighted by Gasteiger charge is 2.35. The molecule has 82 valence electrons. The minimum atomic E-state index is -2.55. The highest BCUT2D eigenvalue weighted by atomic mass is 16.5. The average molecular weight is 214 g/mol. The van der Waals surface area contributed by atoms with Crippen molar-refractivity contribution in [2.45, 2.75) is 19.7 Å². The number of imidazole rings is 1. The summed E-state index contributed by atoms with van der Waals surface area (Å²) in [6, 6.07) is 0. The average Bonchev–Trinajstić information content (AvgIpc) is 2.75. The third-order valence-corrected chi connectivity index (χ3v) is 2.48. The molecule has 4 heteroatoms. The molecule has 2 atom stereocenters. The standard InChI is InChI=1S/C11H16N2O2/c1-3-10-8(6-15-11(10)14)4-9-5-12-7-13(9)2/h5,7-8,10H,3-4,6H2,1-2H3/t8-,10-/m0/s1/i1D3,6D2,8D. The topological polar surface area (TPSA) is 44.1 Å². The van der Waals surface area contributed by atoms with Crippen LogP contribution >= 0.6 is 0 Å². The molecule has 2 heterocycles. The third kappa shape index (κ3) is 1.89. The van der Waals surface area contributed by atoms with Crippen LogP contribution < -0.4 is 0 Å². The zero-order valence-corrected chi connectivity index (χ0v) is 8.36. The lowest BCUT2D eigenvalue weighted by Gasteiger charge is -2.12. The number of nitrogens with zero attached hydrogens (tertiary/aromatic N) is 2. The molecule has 1 aromatic heterocycles. The fraction of sp³-hybridized carbons (Fsp3) is 0.636. The van der Waals surface area contributed by atoms with Gasteiger partial charge < -0.3 is 9.30 Å². The Hall–Kier alpha value is -1.32. The molecule has 15 heavy (non-hydrogen) atoms. The van der Waals surface area contributed by atoms with Gasteiger partial charge in [0.15, 0.2) is 0 Å². The lowest BCUT2D eigenvalue weighted by Crippen LogP contribution is -2.18. The van der Waals surface area contributed by atoms with Crippen LogP contribution in [0.2, 0.25) is 0 Å². The number of rotatable bonds is 3. The molecule has 4 nitrogen and oxygen atoms in total. The predicted octanol–water partition coefficient (Wildman–Crippen LogP) is 1.16. The first-order valence-corrected chi connectivity index (χ1v) is 4.64. The molecule has 1 saturated heterocycles. The molecule has 2 rings (SSSR count). The molecule has 0 aromatic carbocycles. The van der Waals surface area contributed by atoms with Crippen molar-refractivity contribution in [2.75, 3.05) is 6.56 Å². The van der Waals surface area contributed by atoms with Crippen LogP contribution in [0.25, 0.3) is 0 Å². The van der Waals surface area contributed by atoms with Gasteiger partial charge in [-0.3, -0.25) is 4.79 Å². The van der Waals surface area contributed by atoms with E-state index in [1.807, 2.05) is 0 Å². The van der Waals surface area contributed by atoms with Crippen LogP contribution in [0.15, 0.2) is 12.5 Å². The summed E-state index contributed by atoms with van der Waals surface area (Å²) >= 11 is 0. The molecule has 0 spiro atoms. The van der Waals surface area contributed by atoms with Crippen LogP contribution in [0, 0.1) is 11.8 Å². The predicted molar refractivity (Wildman–Crippen MR) is 55.1 cm³/mol. The summed E-state index contributed by atoms with van der Waals surface area (Å²) in [4.78, 5) is 15.7. The molecule has 0 amide bonds. The van der Waals surface area contributed by atoms with Gasteiger partial charge in [-0.2, -0.15) is 0 Å². The van der Waals surface area contributed by atoms with Crippen molar-refractivity contribution in [2.24, 2.45) is 18.9 Å². The van der Waals surface area contributed by atoms with E-state index in [0.717, 1.165) is 0 Å². The molecule has 0 bridgehead atoms. The Kier molecular flexibility index (Phi) is 1.39. The second kappa shape index (κ2) is 4.04. The van der Waals surface area contributed by atoms with E-state index in [1.165, 1.54) is 12.5 Å². The molecular formula is C11H16N2O2. The summed E-state index contributed by atoms with van der Waals surface area (Å²) in [5, 5.41) is 0. The maximum absolute atomic E-state index is 11.8. The third-order valence-electron chi connectivity index (χ3n) is 2.48. The Morgan fingerprint density at radius 2 is 2.80 bits per heavy atom. The summed E-state index contributed by atoms with van der Waals surface area (Å²) in [6.07, 6.45) is 2.20. The molecule has 1 fully saturated rings. The number of aryl methyl sites for hydroxylation is 1. The van der Waals surface area contributed by atoms with Gasteiger partial charge in [-0.25, -0.2) is 4.98 Å². The number of aromatic nitrogens is 2. The second-order valence-corrected chi connectivity index (χ2v) is 3.48. The molecule has 0 aliphatic carbocycles. The summed E-state index contributed by atoms with van der Waals surface area (Å²) in [6.45, 7) is -4.99. The number of hydrogen-bond acceptors (Lipinski definition) is 3. The summed E-state index contributed by atoms with van der Waals surface area (Å²) in [5.41, 5.74) is 0.530. The van der Waals surface area contributed by atoms with Crippen LogP contribution in [0.5, 0.6) is 0 Å². The highest BCUT2D eigenvalue weighted by molar-refractivity contribution is 5.74. The van der Waals surface area contributed by atoms with Crippen molar-refractivity contribution in [3.05, 3.63) is 18.2 Å². The minimum Gasteiger partial charge on any atom is -0.465 e. The molecular weight excluding hydrogens is 192 g/mol. The maximum Gasteiger partial charge on any atom is 0.309 e. The molecule has 1 aliphatic heterocycles. The van der Waals surface area contributed by atoms with Gasteiger partial charge >= 0.3 is 5.97 Å². The number of esters is 1. The number of cyclic esters (lactones) is 1. The summed E-state index contributed by atoms with van der Waals surface area (Å²) in [5.74, 6) is -4.34. The van der Waals surface area contributed by atoms with Crippen molar-refractivity contribution in [1.29, 1.82) is 0 Å². The molecule has 1 aliphatic rings. The monoisotopic (exact) mass is 214 g/mol. The Labute approximate surface area is 97.7 Å². The lowest BCUT2D eigenvalue weighted by atomic mass is 9.89. The van der Waals surface area contributed by atoms with Gasteiger partial charge in [0.25, 0.3) is 0 Å². The number of carbonyl (C=O) groups is 1. The van der Waals surface area contributed by atoms with Crippen molar-refractivity contribution < 1.29 is 17.8 Å². The van der Waals surface area contributed by atoms with Gasteiger partial charge in [0, 0.05) is 30.3 Å². The quantitative estimate of drug-likeness (QED) is 0.709. The largest absolute Gasteiger partial charge is 0.465 e. The van der Waals surface area contributed by atoms with E-state index in [1.54, 1.807) is 11.6 Å². The number of carbonyl (C=O) groups excluding carboxylic acids is 1. The van der Waals surface area contributed by atoms with Crippen LogP contribution in [-0.4, -0.2) is 22.1 Å². The Morgan fingerprint density at radius 3 is 3.47 bits per heavy atom. The smallest absolute Gasteiger partial charge is 0.309 e. The van der Waals surface area contributed by atoms with Crippen LogP contribution in [0.3, 0.4) is 0 Å². The Morgan fingerprint density at radius 1 is 1.93 bits per heavy atom. The lowest BCUT2D eigenvalue weighted by molar-refractivity contribution is -0.141. The Balaban J connectivity index is 2.38. The fourth-order valence-corrected chi connectivity index (χ4v) is 1.52. The van der Waals surface area contributed by atoms with Crippen molar-refractivity contribution in [3.63, 3.8) is 0 Å². The number of ether oxygens (including phenoxy) is 1. The molecule has 1 aromatic rings. The van der Waals surface area contributed by atoms with Gasteiger partial charge in [-0.05, 0) is 12.8 Å². The first-order valence-electron chi connectivity index (χ1n) is 7.64.